The topological polar surface area (TPSA) is 12.0 Å². The number of fused-ring (bicyclic) bond motifs is 1. The summed E-state index contributed by atoms with van der Waals surface area (Å²) in [5, 5.41) is 5.94. The van der Waals surface area contributed by atoms with Crippen LogP contribution in [0.2, 0.25) is 0 Å². The number of hydrogen-bond acceptors (Lipinski definition) is 1. The molecule has 2 aromatic rings. The lowest BCUT2D eigenvalue weighted by Gasteiger charge is -2.17. The molecule has 1 heteroatoms. The van der Waals surface area contributed by atoms with Crippen LogP contribution in [0, 0.1) is 0 Å². The summed E-state index contributed by atoms with van der Waals surface area (Å²) in [6.45, 7) is 6.07. The number of nitrogens with one attached hydrogen (secondary N) is 1. The van der Waals surface area contributed by atoms with Crippen LogP contribution in [0.3, 0.4) is 0 Å². The Morgan fingerprint density at radius 2 is 1.88 bits per heavy atom. The minimum absolute atomic E-state index is 0.358. The monoisotopic (exact) mass is 225 g/mol. The van der Waals surface area contributed by atoms with Crippen LogP contribution in [0.5, 0.6) is 0 Å². The SMILES string of the molecule is C=C(C)CC(NC)c1ccc2ccccc2c1. The van der Waals surface area contributed by atoms with E-state index in [0.29, 0.717) is 6.04 Å². The van der Waals surface area contributed by atoms with Gasteiger partial charge in [-0.3, -0.25) is 0 Å². The molecule has 1 N–H and O–H groups in total. The van der Waals surface area contributed by atoms with Crippen molar-refractivity contribution in [1.82, 2.24) is 5.32 Å². The van der Waals surface area contributed by atoms with Crippen molar-refractivity contribution >= 4 is 10.8 Å². The summed E-state index contributed by atoms with van der Waals surface area (Å²) in [7, 11) is 2.00. The molecule has 0 saturated carbocycles. The fourth-order valence-electron chi connectivity index (χ4n) is 2.16. The number of benzene rings is 2. The van der Waals surface area contributed by atoms with Gasteiger partial charge in [-0.15, -0.1) is 6.58 Å². The highest BCUT2D eigenvalue weighted by atomic mass is 14.9. The van der Waals surface area contributed by atoms with Crippen LogP contribution in [-0.2, 0) is 0 Å². The summed E-state index contributed by atoms with van der Waals surface area (Å²) >= 11 is 0. The summed E-state index contributed by atoms with van der Waals surface area (Å²) < 4.78 is 0. The van der Waals surface area contributed by atoms with Crippen LogP contribution in [0.25, 0.3) is 10.8 Å². The molecule has 0 bridgehead atoms. The molecule has 2 rings (SSSR count). The normalized spacial score (nSPS) is 12.6. The molecule has 2 aromatic carbocycles. The summed E-state index contributed by atoms with van der Waals surface area (Å²) in [6.07, 6.45) is 0.981. The first-order chi connectivity index (χ1) is 8.20. The Bertz CT molecular complexity index is 528. The molecule has 0 aliphatic carbocycles. The van der Waals surface area contributed by atoms with Gasteiger partial charge in [-0.25, -0.2) is 0 Å². The van der Waals surface area contributed by atoms with Crippen LogP contribution >= 0.6 is 0 Å². The number of hydrogen-bond donors (Lipinski definition) is 1. The Morgan fingerprint density at radius 3 is 2.53 bits per heavy atom. The Hall–Kier alpha value is -1.60. The van der Waals surface area contributed by atoms with E-state index in [4.69, 9.17) is 0 Å². The maximum atomic E-state index is 3.99. The van der Waals surface area contributed by atoms with Gasteiger partial charge >= 0.3 is 0 Å². The van der Waals surface area contributed by atoms with Crippen LogP contribution in [0.15, 0.2) is 54.6 Å². The van der Waals surface area contributed by atoms with Crippen molar-refractivity contribution in [3.05, 3.63) is 60.2 Å². The van der Waals surface area contributed by atoms with Crippen molar-refractivity contribution in [1.29, 1.82) is 0 Å². The van der Waals surface area contributed by atoms with E-state index in [9.17, 15) is 0 Å². The first-order valence-electron chi connectivity index (χ1n) is 6.01. The van der Waals surface area contributed by atoms with Gasteiger partial charge in [-0.05, 0) is 42.8 Å². The highest BCUT2D eigenvalue weighted by molar-refractivity contribution is 5.83. The van der Waals surface area contributed by atoms with E-state index in [1.54, 1.807) is 0 Å². The predicted octanol–water partition coefficient (Wildman–Crippen LogP) is 4.07. The van der Waals surface area contributed by atoms with Crippen molar-refractivity contribution in [3.8, 4) is 0 Å². The molecule has 0 radical (unpaired) electrons. The van der Waals surface area contributed by atoms with Crippen molar-refractivity contribution in [2.75, 3.05) is 7.05 Å². The largest absolute Gasteiger partial charge is 0.313 e. The molecular formula is C16H19N. The van der Waals surface area contributed by atoms with Gasteiger partial charge in [-0.2, -0.15) is 0 Å². The summed E-state index contributed by atoms with van der Waals surface area (Å²) in [5.41, 5.74) is 2.53. The quantitative estimate of drug-likeness (QED) is 0.773. The predicted molar refractivity (Wildman–Crippen MR) is 75.2 cm³/mol. The highest BCUT2D eigenvalue weighted by Gasteiger charge is 2.09. The third-order valence-electron chi connectivity index (χ3n) is 3.08. The van der Waals surface area contributed by atoms with Gasteiger partial charge in [0.25, 0.3) is 0 Å². The second-order valence-corrected chi connectivity index (χ2v) is 4.61. The molecule has 0 aliphatic heterocycles. The average Bonchev–Trinajstić information content (AvgIpc) is 2.35. The van der Waals surface area contributed by atoms with Crippen LogP contribution in [0.4, 0.5) is 0 Å². The van der Waals surface area contributed by atoms with Gasteiger partial charge in [0.05, 0.1) is 0 Å². The second kappa shape index (κ2) is 5.15. The summed E-state index contributed by atoms with van der Waals surface area (Å²) in [4.78, 5) is 0. The zero-order valence-corrected chi connectivity index (χ0v) is 10.5. The van der Waals surface area contributed by atoms with Crippen LogP contribution in [0.1, 0.15) is 24.9 Å². The van der Waals surface area contributed by atoms with E-state index in [0.717, 1.165) is 6.42 Å². The third kappa shape index (κ3) is 2.75. The minimum atomic E-state index is 0.358. The zero-order valence-electron chi connectivity index (χ0n) is 10.5. The van der Waals surface area contributed by atoms with Crippen LogP contribution in [-0.4, -0.2) is 7.05 Å². The fourth-order valence-corrected chi connectivity index (χ4v) is 2.16. The van der Waals surface area contributed by atoms with Gasteiger partial charge in [0.1, 0.15) is 0 Å². The van der Waals surface area contributed by atoms with E-state index in [-0.39, 0.29) is 0 Å². The fraction of sp³-hybridized carbons (Fsp3) is 0.250. The van der Waals surface area contributed by atoms with E-state index < -0.39 is 0 Å². The molecule has 88 valence electrons. The molecule has 0 aromatic heterocycles. The van der Waals surface area contributed by atoms with Crippen molar-refractivity contribution in [2.24, 2.45) is 0 Å². The van der Waals surface area contributed by atoms with Crippen molar-refractivity contribution in [2.45, 2.75) is 19.4 Å². The van der Waals surface area contributed by atoms with Gasteiger partial charge in [0, 0.05) is 6.04 Å². The van der Waals surface area contributed by atoms with Gasteiger partial charge in [-0.1, -0.05) is 42.0 Å². The maximum Gasteiger partial charge on any atom is 0.0355 e. The first kappa shape index (κ1) is 11.9. The Kier molecular flexibility index (Phi) is 3.60. The Labute approximate surface area is 103 Å². The Balaban J connectivity index is 2.37. The maximum absolute atomic E-state index is 3.99. The molecule has 0 fully saturated rings. The van der Waals surface area contributed by atoms with E-state index in [2.05, 4.69) is 61.3 Å². The smallest absolute Gasteiger partial charge is 0.0355 e. The third-order valence-corrected chi connectivity index (χ3v) is 3.08. The second-order valence-electron chi connectivity index (χ2n) is 4.61. The number of rotatable bonds is 4. The first-order valence-corrected chi connectivity index (χ1v) is 6.01. The van der Waals surface area contributed by atoms with Crippen molar-refractivity contribution in [3.63, 3.8) is 0 Å². The molecule has 0 aliphatic rings. The molecule has 0 spiro atoms. The van der Waals surface area contributed by atoms with E-state index in [1.165, 1.54) is 21.9 Å². The molecular weight excluding hydrogens is 206 g/mol. The molecule has 0 amide bonds. The van der Waals surface area contributed by atoms with Gasteiger partial charge < -0.3 is 5.32 Å². The lowest BCUT2D eigenvalue weighted by Crippen LogP contribution is -2.16. The minimum Gasteiger partial charge on any atom is -0.313 e. The highest BCUT2D eigenvalue weighted by Crippen LogP contribution is 2.24. The van der Waals surface area contributed by atoms with Gasteiger partial charge in [0.2, 0.25) is 0 Å². The van der Waals surface area contributed by atoms with Gasteiger partial charge in [0.15, 0.2) is 0 Å². The average molecular weight is 225 g/mol. The van der Waals surface area contributed by atoms with Crippen LogP contribution < -0.4 is 5.32 Å². The van der Waals surface area contributed by atoms with Crippen molar-refractivity contribution < 1.29 is 0 Å². The molecule has 0 heterocycles. The lowest BCUT2D eigenvalue weighted by atomic mass is 9.98. The van der Waals surface area contributed by atoms with E-state index in [1.807, 2.05) is 7.05 Å². The summed E-state index contributed by atoms with van der Waals surface area (Å²) in [6, 6.07) is 15.5. The Morgan fingerprint density at radius 1 is 1.18 bits per heavy atom. The molecule has 1 nitrogen and oxygen atoms in total. The molecule has 1 atom stereocenters. The molecule has 1 unspecified atom stereocenters. The standard InChI is InChI=1S/C16H19N/c1-12(2)10-16(17-3)15-9-8-13-6-4-5-7-14(13)11-15/h4-9,11,16-17H,1,10H2,2-3H3. The zero-order chi connectivity index (χ0) is 12.3. The lowest BCUT2D eigenvalue weighted by molar-refractivity contribution is 0.590. The molecule has 17 heavy (non-hydrogen) atoms. The molecule has 0 saturated heterocycles. The summed E-state index contributed by atoms with van der Waals surface area (Å²) in [5.74, 6) is 0. The van der Waals surface area contributed by atoms with E-state index >= 15 is 0 Å².